The topological polar surface area (TPSA) is 81.1 Å². The van der Waals surface area contributed by atoms with Crippen LogP contribution in [0.25, 0.3) is 0 Å². The number of amides is 1. The number of carboxylic acid groups (broad SMARTS) is 1. The summed E-state index contributed by atoms with van der Waals surface area (Å²) in [6.07, 6.45) is -0.171. The van der Waals surface area contributed by atoms with Gasteiger partial charge in [-0.1, -0.05) is 0 Å². The fourth-order valence-corrected chi connectivity index (χ4v) is 1.86. The maximum Gasteiger partial charge on any atom is 0.394 e. The van der Waals surface area contributed by atoms with Crippen LogP contribution < -0.4 is 0 Å². The molecular weight excluding hydrogens is 200 g/mol. The highest BCUT2D eigenvalue weighted by Gasteiger charge is 2.36. The standard InChI is InChI=1S/C9H16N2O4/c1-10(2)4-6-3-7(12)5-11(6)8(13)9(14)15/h6-7,12H,3-5H2,1-2H3,(H,14,15). The number of rotatable bonds is 2. The van der Waals surface area contributed by atoms with Crippen molar-refractivity contribution in [2.45, 2.75) is 18.6 Å². The first-order valence-electron chi connectivity index (χ1n) is 4.78. The Hall–Kier alpha value is -1.14. The lowest BCUT2D eigenvalue weighted by Crippen LogP contribution is -2.44. The van der Waals surface area contributed by atoms with E-state index >= 15 is 0 Å². The van der Waals surface area contributed by atoms with E-state index in [1.807, 2.05) is 19.0 Å². The summed E-state index contributed by atoms with van der Waals surface area (Å²) in [6, 6.07) is -0.210. The second-order valence-corrected chi connectivity index (χ2v) is 4.07. The lowest BCUT2D eigenvalue weighted by molar-refractivity contribution is -0.156. The first-order chi connectivity index (χ1) is 6.91. The quantitative estimate of drug-likeness (QED) is 0.554. The fourth-order valence-electron chi connectivity index (χ4n) is 1.86. The van der Waals surface area contributed by atoms with Gasteiger partial charge in [-0.2, -0.15) is 0 Å². The second-order valence-electron chi connectivity index (χ2n) is 4.07. The normalized spacial score (nSPS) is 26.0. The van der Waals surface area contributed by atoms with Gasteiger partial charge in [-0.3, -0.25) is 4.79 Å². The van der Waals surface area contributed by atoms with Crippen LogP contribution >= 0.6 is 0 Å². The number of carbonyl (C=O) groups is 2. The number of β-amino-alcohol motifs (C(OH)–C–C–N with tert-alkyl or cyclic N) is 1. The molecule has 0 aromatic rings. The number of hydrogen-bond donors (Lipinski definition) is 2. The maximum atomic E-state index is 11.3. The van der Waals surface area contributed by atoms with Gasteiger partial charge in [0.05, 0.1) is 6.10 Å². The molecule has 0 bridgehead atoms. The van der Waals surface area contributed by atoms with Crippen LogP contribution in [0.4, 0.5) is 0 Å². The molecule has 0 saturated carbocycles. The van der Waals surface area contributed by atoms with Gasteiger partial charge in [-0.25, -0.2) is 4.79 Å². The summed E-state index contributed by atoms with van der Waals surface area (Å²) in [7, 11) is 3.68. The van der Waals surface area contributed by atoms with Crippen LogP contribution in [0.5, 0.6) is 0 Å². The van der Waals surface area contributed by atoms with Gasteiger partial charge in [-0.15, -0.1) is 0 Å². The van der Waals surface area contributed by atoms with Gasteiger partial charge in [0.2, 0.25) is 0 Å². The van der Waals surface area contributed by atoms with Crippen molar-refractivity contribution in [2.75, 3.05) is 27.2 Å². The van der Waals surface area contributed by atoms with Crippen molar-refractivity contribution in [2.24, 2.45) is 0 Å². The molecule has 2 N–H and O–H groups in total. The van der Waals surface area contributed by atoms with E-state index in [2.05, 4.69) is 0 Å². The highest BCUT2D eigenvalue weighted by atomic mass is 16.4. The number of aliphatic hydroxyl groups excluding tert-OH is 1. The maximum absolute atomic E-state index is 11.3. The molecule has 2 unspecified atom stereocenters. The Balaban J connectivity index is 2.68. The second kappa shape index (κ2) is 4.59. The molecule has 0 aromatic heterocycles. The molecule has 1 rings (SSSR count). The molecule has 1 saturated heterocycles. The van der Waals surface area contributed by atoms with Crippen LogP contribution in [0.15, 0.2) is 0 Å². The van der Waals surface area contributed by atoms with Crippen molar-refractivity contribution in [1.29, 1.82) is 0 Å². The molecule has 1 heterocycles. The lowest BCUT2D eigenvalue weighted by Gasteiger charge is -2.25. The Morgan fingerprint density at radius 1 is 1.47 bits per heavy atom. The summed E-state index contributed by atoms with van der Waals surface area (Å²) in [5, 5.41) is 18.0. The number of likely N-dealkylation sites (tertiary alicyclic amines) is 1. The molecular formula is C9H16N2O4. The molecule has 0 radical (unpaired) electrons. The van der Waals surface area contributed by atoms with Gasteiger partial charge >= 0.3 is 11.9 Å². The first-order valence-corrected chi connectivity index (χ1v) is 4.78. The smallest absolute Gasteiger partial charge is 0.394 e. The van der Waals surface area contributed by atoms with Crippen molar-refractivity contribution in [1.82, 2.24) is 9.80 Å². The Bertz CT molecular complexity index is 267. The Labute approximate surface area is 88.1 Å². The number of aliphatic hydroxyl groups is 1. The zero-order valence-corrected chi connectivity index (χ0v) is 8.88. The number of nitrogens with zero attached hydrogens (tertiary/aromatic N) is 2. The molecule has 1 fully saturated rings. The predicted octanol–water partition coefficient (Wildman–Crippen LogP) is -1.41. The Morgan fingerprint density at radius 3 is 2.53 bits per heavy atom. The Morgan fingerprint density at radius 2 is 2.07 bits per heavy atom. The minimum atomic E-state index is -1.46. The fraction of sp³-hybridized carbons (Fsp3) is 0.778. The zero-order chi connectivity index (χ0) is 11.6. The summed E-state index contributed by atoms with van der Waals surface area (Å²) in [5.74, 6) is -2.40. The minimum absolute atomic E-state index is 0.115. The van der Waals surface area contributed by atoms with Crippen LogP contribution in [-0.2, 0) is 9.59 Å². The van der Waals surface area contributed by atoms with Crippen molar-refractivity contribution >= 4 is 11.9 Å². The summed E-state index contributed by atoms with van der Waals surface area (Å²) < 4.78 is 0. The largest absolute Gasteiger partial charge is 0.474 e. The van der Waals surface area contributed by atoms with Gasteiger partial charge in [0.25, 0.3) is 0 Å². The van der Waals surface area contributed by atoms with E-state index in [1.54, 1.807) is 0 Å². The third-order valence-electron chi connectivity index (χ3n) is 2.41. The van der Waals surface area contributed by atoms with E-state index in [-0.39, 0.29) is 12.6 Å². The van der Waals surface area contributed by atoms with Gasteiger partial charge < -0.3 is 20.0 Å². The molecule has 86 valence electrons. The average molecular weight is 216 g/mol. The van der Waals surface area contributed by atoms with E-state index in [0.29, 0.717) is 13.0 Å². The van der Waals surface area contributed by atoms with E-state index in [1.165, 1.54) is 4.90 Å². The third kappa shape index (κ3) is 2.90. The molecule has 6 heteroatoms. The van der Waals surface area contributed by atoms with Crippen molar-refractivity contribution < 1.29 is 19.8 Å². The van der Waals surface area contributed by atoms with Crippen LogP contribution in [-0.4, -0.2) is 71.2 Å². The van der Waals surface area contributed by atoms with Crippen molar-refractivity contribution in [3.63, 3.8) is 0 Å². The zero-order valence-electron chi connectivity index (χ0n) is 8.88. The first kappa shape index (κ1) is 11.9. The highest BCUT2D eigenvalue weighted by Crippen LogP contribution is 2.18. The number of likely N-dealkylation sites (N-methyl/N-ethyl adjacent to an activating group) is 1. The number of carbonyl (C=O) groups excluding carboxylic acids is 1. The molecule has 0 spiro atoms. The van der Waals surface area contributed by atoms with E-state index in [9.17, 15) is 14.7 Å². The van der Waals surface area contributed by atoms with Crippen LogP contribution in [0.1, 0.15) is 6.42 Å². The van der Waals surface area contributed by atoms with Gasteiger partial charge in [-0.05, 0) is 20.5 Å². The highest BCUT2D eigenvalue weighted by molar-refractivity contribution is 6.31. The van der Waals surface area contributed by atoms with Gasteiger partial charge in [0, 0.05) is 19.1 Å². The van der Waals surface area contributed by atoms with E-state index < -0.39 is 18.0 Å². The monoisotopic (exact) mass is 216 g/mol. The minimum Gasteiger partial charge on any atom is -0.474 e. The van der Waals surface area contributed by atoms with Crippen molar-refractivity contribution in [3.8, 4) is 0 Å². The van der Waals surface area contributed by atoms with Crippen molar-refractivity contribution in [3.05, 3.63) is 0 Å². The molecule has 1 amide bonds. The summed E-state index contributed by atoms with van der Waals surface area (Å²) in [6.45, 7) is 0.680. The molecule has 0 aliphatic carbocycles. The third-order valence-corrected chi connectivity index (χ3v) is 2.41. The number of hydrogen-bond acceptors (Lipinski definition) is 4. The van der Waals surface area contributed by atoms with Crippen LogP contribution in [0, 0.1) is 0 Å². The molecule has 6 nitrogen and oxygen atoms in total. The van der Waals surface area contributed by atoms with Gasteiger partial charge in [0.1, 0.15) is 0 Å². The lowest BCUT2D eigenvalue weighted by atomic mass is 10.2. The predicted molar refractivity (Wildman–Crippen MR) is 52.3 cm³/mol. The molecule has 1 aliphatic rings. The molecule has 2 atom stereocenters. The van der Waals surface area contributed by atoms with Crippen LogP contribution in [0.2, 0.25) is 0 Å². The Kier molecular flexibility index (Phi) is 3.65. The summed E-state index contributed by atoms with van der Waals surface area (Å²) in [5.41, 5.74) is 0. The molecule has 0 aromatic carbocycles. The van der Waals surface area contributed by atoms with Gasteiger partial charge in [0.15, 0.2) is 0 Å². The molecule has 15 heavy (non-hydrogen) atoms. The number of aliphatic carboxylic acids is 1. The van der Waals surface area contributed by atoms with Crippen LogP contribution in [0.3, 0.4) is 0 Å². The average Bonchev–Trinajstić information content (AvgIpc) is 2.44. The van der Waals surface area contributed by atoms with E-state index in [0.717, 1.165) is 0 Å². The summed E-state index contributed by atoms with van der Waals surface area (Å²) >= 11 is 0. The van der Waals surface area contributed by atoms with E-state index in [4.69, 9.17) is 5.11 Å². The summed E-state index contributed by atoms with van der Waals surface area (Å²) in [4.78, 5) is 24.9. The number of carboxylic acids is 1. The SMILES string of the molecule is CN(C)CC1CC(O)CN1C(=O)C(=O)O. The molecule has 1 aliphatic heterocycles.